The molecular weight excluding hydrogens is 639 g/mol. The summed E-state index contributed by atoms with van der Waals surface area (Å²) in [5.41, 5.74) is 1.48. The molecule has 4 aromatic carbocycles. The average Bonchev–Trinajstić information content (AvgIpc) is 3.07. The summed E-state index contributed by atoms with van der Waals surface area (Å²) in [6, 6.07) is 39.3. The van der Waals surface area contributed by atoms with Crippen molar-refractivity contribution in [1.82, 2.24) is 0 Å². The van der Waals surface area contributed by atoms with Gasteiger partial charge in [-0.25, -0.2) is 4.79 Å². The number of rotatable bonds is 19. The summed E-state index contributed by atoms with van der Waals surface area (Å²) in [7, 11) is -0.281. The molecule has 0 unspecified atom stereocenters. The third kappa shape index (κ3) is 10.8. The van der Waals surface area contributed by atoms with Crippen molar-refractivity contribution in [3.63, 3.8) is 0 Å². The number of hydrogen-bond donors (Lipinski definition) is 0. The minimum Gasteiger partial charge on any atom is -1.00 e. The van der Waals surface area contributed by atoms with Crippen LogP contribution in [0.25, 0.3) is 0 Å². The second-order valence-electron chi connectivity index (χ2n) is 11.7. The van der Waals surface area contributed by atoms with Crippen LogP contribution in [0.1, 0.15) is 86.6 Å². The number of unbranched alkanes of at least 4 members (excludes halogenated alkanes) is 10. The fourth-order valence-electron chi connectivity index (χ4n) is 6.18. The third-order valence-corrected chi connectivity index (χ3v) is 13.1. The van der Waals surface area contributed by atoms with Gasteiger partial charge in [-0.05, 0) is 86.3 Å². The van der Waals surface area contributed by atoms with Crippen LogP contribution < -0.4 is 37.6 Å². The van der Waals surface area contributed by atoms with E-state index in [4.69, 9.17) is 9.47 Å². The highest BCUT2D eigenvalue weighted by atomic mass is 79.9. The highest BCUT2D eigenvalue weighted by molar-refractivity contribution is 7.95. The molecule has 0 aliphatic carbocycles. The Morgan fingerprint density at radius 2 is 1.00 bits per heavy atom. The minimum absolute atomic E-state index is 0. The van der Waals surface area contributed by atoms with Gasteiger partial charge < -0.3 is 26.5 Å². The van der Waals surface area contributed by atoms with Crippen molar-refractivity contribution in [2.24, 2.45) is 0 Å². The second-order valence-corrected chi connectivity index (χ2v) is 15.4. The molecule has 4 rings (SSSR count). The van der Waals surface area contributed by atoms with Crippen LogP contribution >= 0.6 is 7.26 Å². The van der Waals surface area contributed by atoms with E-state index in [-0.39, 0.29) is 23.0 Å². The Morgan fingerprint density at radius 3 is 1.42 bits per heavy atom. The predicted octanol–water partition coefficient (Wildman–Crippen LogP) is 6.45. The number of carbonyl (C=O) groups excluding carboxylic acids is 1. The number of aryl methyl sites for hydroxylation is 1. The molecule has 0 fully saturated rings. The fourth-order valence-corrected chi connectivity index (χ4v) is 10.6. The van der Waals surface area contributed by atoms with Crippen LogP contribution in [0.2, 0.25) is 0 Å². The number of halogens is 1. The van der Waals surface area contributed by atoms with Gasteiger partial charge in [-0.1, -0.05) is 106 Å². The van der Waals surface area contributed by atoms with E-state index in [0.29, 0.717) is 5.56 Å². The lowest BCUT2D eigenvalue weighted by Gasteiger charge is -2.27. The predicted molar refractivity (Wildman–Crippen MR) is 189 cm³/mol. The zero-order valence-corrected chi connectivity index (χ0v) is 29.6. The summed E-state index contributed by atoms with van der Waals surface area (Å²) >= 11 is 0. The van der Waals surface area contributed by atoms with Crippen LogP contribution in [0.3, 0.4) is 0 Å². The second kappa shape index (κ2) is 20.2. The van der Waals surface area contributed by atoms with Crippen LogP contribution in [-0.2, 0) is 4.74 Å². The molecule has 4 aromatic rings. The molecule has 0 aliphatic rings. The number of benzene rings is 4. The molecule has 0 spiro atoms. The zero-order valence-electron chi connectivity index (χ0n) is 27.1. The van der Waals surface area contributed by atoms with Gasteiger partial charge in [-0.15, -0.1) is 0 Å². The van der Waals surface area contributed by atoms with E-state index in [1.54, 1.807) is 6.07 Å². The molecular formula is C40H50BrO3P. The molecule has 0 atom stereocenters. The topological polar surface area (TPSA) is 35.5 Å². The van der Waals surface area contributed by atoms with Gasteiger partial charge in [-0.3, -0.25) is 0 Å². The molecule has 5 heteroatoms. The third-order valence-electron chi connectivity index (χ3n) is 8.60. The first-order valence-electron chi connectivity index (χ1n) is 16.5. The summed E-state index contributed by atoms with van der Waals surface area (Å²) in [6.07, 6.45) is 15.4. The molecule has 0 saturated heterocycles. The van der Waals surface area contributed by atoms with Crippen LogP contribution in [0.4, 0.5) is 0 Å². The molecule has 0 amide bonds. The zero-order chi connectivity index (χ0) is 30.9. The Hall–Kier alpha value is -2.94. The number of esters is 1. The maximum absolute atomic E-state index is 11.7. The van der Waals surface area contributed by atoms with Crippen LogP contribution in [0.15, 0.2) is 109 Å². The number of ether oxygens (including phenoxy) is 2. The lowest BCUT2D eigenvalue weighted by Crippen LogP contribution is -3.00. The van der Waals surface area contributed by atoms with Crippen molar-refractivity contribution in [2.45, 2.75) is 77.6 Å². The lowest BCUT2D eigenvalue weighted by atomic mass is 10.1. The van der Waals surface area contributed by atoms with Crippen molar-refractivity contribution in [2.75, 3.05) is 19.9 Å². The summed E-state index contributed by atoms with van der Waals surface area (Å²) in [5, 5.41) is 4.48. The highest BCUT2D eigenvalue weighted by Gasteiger charge is 2.44. The minimum atomic E-state index is -1.69. The molecule has 45 heavy (non-hydrogen) atoms. The standard InChI is InChI=1S/C40H50O3P.BrH/c1-34-33-35(29-30-39(34)40(41)42-2)43-31-21-10-8-6-4-3-5-7-9-11-22-32-44(36-23-15-12-16-24-36,37-25-17-13-18-26-37)38-27-19-14-20-28-38;/h12-20,23-30,33H,3-11,21-22,31-32H2,1-2H3;1H/q+1;/p-1. The van der Waals surface area contributed by atoms with Gasteiger partial charge in [0.2, 0.25) is 0 Å². The quantitative estimate of drug-likeness (QED) is 0.0646. The maximum Gasteiger partial charge on any atom is 0.338 e. The Bertz CT molecular complexity index is 1280. The molecule has 0 N–H and O–H groups in total. The lowest BCUT2D eigenvalue weighted by molar-refractivity contribution is -0.0000242. The first kappa shape index (κ1) is 36.5. The van der Waals surface area contributed by atoms with Gasteiger partial charge in [0.1, 0.15) is 28.9 Å². The largest absolute Gasteiger partial charge is 1.00 e. The normalized spacial score (nSPS) is 11.1. The van der Waals surface area contributed by atoms with Crippen LogP contribution in [0, 0.1) is 6.92 Å². The Kier molecular flexibility index (Phi) is 16.4. The summed E-state index contributed by atoms with van der Waals surface area (Å²) < 4.78 is 10.7. The summed E-state index contributed by atoms with van der Waals surface area (Å²) in [4.78, 5) is 11.7. The van der Waals surface area contributed by atoms with Crippen molar-refractivity contribution in [3.8, 4) is 5.75 Å². The maximum atomic E-state index is 11.7. The van der Waals surface area contributed by atoms with E-state index in [1.165, 1.54) is 93.4 Å². The van der Waals surface area contributed by atoms with E-state index in [2.05, 4.69) is 91.0 Å². The number of hydrogen-bond acceptors (Lipinski definition) is 3. The first-order valence-corrected chi connectivity index (χ1v) is 18.5. The molecule has 0 heterocycles. The fraction of sp³-hybridized carbons (Fsp3) is 0.375. The van der Waals surface area contributed by atoms with Crippen molar-refractivity contribution >= 4 is 29.1 Å². The Labute approximate surface area is 282 Å². The van der Waals surface area contributed by atoms with Crippen molar-refractivity contribution < 1.29 is 31.2 Å². The number of carbonyl (C=O) groups is 1. The van der Waals surface area contributed by atoms with Crippen LogP contribution in [0.5, 0.6) is 5.75 Å². The average molecular weight is 690 g/mol. The molecule has 0 aromatic heterocycles. The van der Waals surface area contributed by atoms with E-state index in [1.807, 2.05) is 19.1 Å². The van der Waals surface area contributed by atoms with E-state index in [0.717, 1.165) is 24.3 Å². The SMILES string of the molecule is COC(=O)c1ccc(OCCCCCCCCCCCCC[P+](c2ccccc2)(c2ccccc2)c2ccccc2)cc1C.[Br-]. The van der Waals surface area contributed by atoms with E-state index < -0.39 is 7.26 Å². The monoisotopic (exact) mass is 688 g/mol. The molecule has 240 valence electrons. The van der Waals surface area contributed by atoms with Gasteiger partial charge in [0, 0.05) is 0 Å². The van der Waals surface area contributed by atoms with Gasteiger partial charge >= 0.3 is 5.97 Å². The number of methoxy groups -OCH3 is 1. The Morgan fingerprint density at radius 1 is 0.578 bits per heavy atom. The smallest absolute Gasteiger partial charge is 0.338 e. The molecule has 0 radical (unpaired) electrons. The van der Waals surface area contributed by atoms with E-state index >= 15 is 0 Å². The summed E-state index contributed by atoms with van der Waals surface area (Å²) in [5.74, 6) is 0.519. The highest BCUT2D eigenvalue weighted by Crippen LogP contribution is 2.56. The summed E-state index contributed by atoms with van der Waals surface area (Å²) in [6.45, 7) is 2.63. The van der Waals surface area contributed by atoms with Gasteiger partial charge in [0.25, 0.3) is 0 Å². The molecule has 0 aliphatic heterocycles. The van der Waals surface area contributed by atoms with Gasteiger partial charge in [-0.2, -0.15) is 0 Å². The molecule has 0 saturated carbocycles. The first-order chi connectivity index (χ1) is 21.6. The van der Waals surface area contributed by atoms with E-state index in [9.17, 15) is 4.79 Å². The van der Waals surface area contributed by atoms with Gasteiger partial charge in [0.05, 0.1) is 25.4 Å². The molecule has 0 bridgehead atoms. The van der Waals surface area contributed by atoms with Crippen molar-refractivity contribution in [1.29, 1.82) is 0 Å². The van der Waals surface area contributed by atoms with Gasteiger partial charge in [0.15, 0.2) is 0 Å². The van der Waals surface area contributed by atoms with Crippen molar-refractivity contribution in [3.05, 3.63) is 120 Å². The molecule has 3 nitrogen and oxygen atoms in total. The van der Waals surface area contributed by atoms with Crippen LogP contribution in [-0.4, -0.2) is 25.8 Å². The Balaban J connectivity index is 0.00000552.